The fourth-order valence-corrected chi connectivity index (χ4v) is 3.14. The molecule has 0 bridgehead atoms. The Morgan fingerprint density at radius 1 is 1.43 bits per heavy atom. The van der Waals surface area contributed by atoms with E-state index in [4.69, 9.17) is 21.5 Å². The molecule has 0 aromatic heterocycles. The van der Waals surface area contributed by atoms with E-state index in [1.807, 2.05) is 6.92 Å². The lowest BCUT2D eigenvalue weighted by Crippen LogP contribution is -2.37. The smallest absolute Gasteiger partial charge is 0.338 e. The number of carbonyl (C=O) groups is 2. The first kappa shape index (κ1) is 17.7. The largest absolute Gasteiger partial charge is 0.452 e. The first-order valence-corrected chi connectivity index (χ1v) is 8.89. The van der Waals surface area contributed by atoms with Gasteiger partial charge in [-0.25, -0.2) is 18.4 Å². The molecule has 0 heterocycles. The number of nitrogens with one attached hydrogen (secondary N) is 1. The maximum absolute atomic E-state index is 11.9. The highest BCUT2D eigenvalue weighted by Crippen LogP contribution is 2.32. The highest BCUT2D eigenvalue weighted by Gasteiger charge is 2.29. The minimum atomic E-state index is -4.06. The number of nitrogens with two attached hydrogens (primary N) is 1. The third-order valence-electron chi connectivity index (χ3n) is 3.53. The van der Waals surface area contributed by atoms with Crippen molar-refractivity contribution in [3.8, 4) is 0 Å². The van der Waals surface area contributed by atoms with Crippen LogP contribution in [0.15, 0.2) is 23.1 Å². The van der Waals surface area contributed by atoms with Gasteiger partial charge in [-0.1, -0.05) is 11.6 Å². The van der Waals surface area contributed by atoms with E-state index in [2.05, 4.69) is 5.32 Å². The van der Waals surface area contributed by atoms with Crippen LogP contribution in [0.3, 0.4) is 0 Å². The zero-order valence-corrected chi connectivity index (χ0v) is 14.0. The Balaban J connectivity index is 1.96. The first-order chi connectivity index (χ1) is 10.7. The summed E-state index contributed by atoms with van der Waals surface area (Å²) in [5, 5.41) is 7.65. The van der Waals surface area contributed by atoms with Gasteiger partial charge in [0.2, 0.25) is 10.0 Å². The van der Waals surface area contributed by atoms with Crippen LogP contribution in [-0.4, -0.2) is 32.9 Å². The normalized spacial score (nSPS) is 15.8. The standard InChI is InChI=1S/C14H17ClN2O5S/c1-8(9-2-3-9)17-13(18)7-22-14(19)10-4-5-11(15)12(6-10)23(16,20)21/h4-6,8-9H,2-3,7H2,1H3,(H,17,18)(H2,16,20,21)/t8-/m1/s1. The molecule has 0 radical (unpaired) electrons. The predicted octanol–water partition coefficient (Wildman–Crippen LogP) is 1.06. The zero-order chi connectivity index (χ0) is 17.2. The molecule has 23 heavy (non-hydrogen) atoms. The molecule has 1 aromatic carbocycles. The highest BCUT2D eigenvalue weighted by molar-refractivity contribution is 7.89. The van der Waals surface area contributed by atoms with E-state index < -0.39 is 28.5 Å². The third-order valence-corrected chi connectivity index (χ3v) is 4.92. The van der Waals surface area contributed by atoms with Crippen LogP contribution in [0.25, 0.3) is 0 Å². The van der Waals surface area contributed by atoms with Gasteiger partial charge in [0, 0.05) is 6.04 Å². The summed E-state index contributed by atoms with van der Waals surface area (Å²) in [6.45, 7) is 1.46. The van der Waals surface area contributed by atoms with Crippen LogP contribution in [0.5, 0.6) is 0 Å². The van der Waals surface area contributed by atoms with Gasteiger partial charge in [0.25, 0.3) is 5.91 Å². The molecule has 1 aromatic rings. The molecule has 1 fully saturated rings. The number of hydrogen-bond donors (Lipinski definition) is 2. The average Bonchev–Trinajstić information content (AvgIpc) is 3.28. The Kier molecular flexibility index (Phi) is 5.28. The molecule has 1 amide bonds. The molecule has 126 valence electrons. The predicted molar refractivity (Wildman–Crippen MR) is 83.4 cm³/mol. The number of ether oxygens (including phenoxy) is 1. The van der Waals surface area contributed by atoms with Crippen molar-refractivity contribution in [2.45, 2.75) is 30.7 Å². The average molecular weight is 361 g/mol. The molecule has 9 heteroatoms. The van der Waals surface area contributed by atoms with E-state index in [0.717, 1.165) is 18.9 Å². The maximum atomic E-state index is 11.9. The van der Waals surface area contributed by atoms with Crippen LogP contribution < -0.4 is 10.5 Å². The molecule has 0 unspecified atom stereocenters. The van der Waals surface area contributed by atoms with E-state index in [-0.39, 0.29) is 21.5 Å². The monoisotopic (exact) mass is 360 g/mol. The summed E-state index contributed by atoms with van der Waals surface area (Å²) in [5.74, 6) is -0.748. The number of amides is 1. The lowest BCUT2D eigenvalue weighted by molar-refractivity contribution is -0.124. The zero-order valence-electron chi connectivity index (χ0n) is 12.4. The number of sulfonamides is 1. The Morgan fingerprint density at radius 3 is 2.65 bits per heavy atom. The summed E-state index contributed by atoms with van der Waals surface area (Å²) >= 11 is 5.73. The van der Waals surface area contributed by atoms with Crippen LogP contribution in [-0.2, 0) is 19.6 Å². The molecular weight excluding hydrogens is 344 g/mol. The Bertz CT molecular complexity index is 731. The fourth-order valence-electron chi connectivity index (χ4n) is 2.07. The van der Waals surface area contributed by atoms with Crippen LogP contribution in [0.4, 0.5) is 0 Å². The second kappa shape index (κ2) is 6.86. The SMILES string of the molecule is C[C@@H](NC(=O)COC(=O)c1ccc(Cl)c(S(N)(=O)=O)c1)C1CC1. The number of benzene rings is 1. The number of rotatable bonds is 6. The van der Waals surface area contributed by atoms with Crippen molar-refractivity contribution in [3.63, 3.8) is 0 Å². The summed E-state index contributed by atoms with van der Waals surface area (Å²) in [6, 6.07) is 3.59. The minimum Gasteiger partial charge on any atom is -0.452 e. The number of esters is 1. The molecule has 1 aliphatic carbocycles. The lowest BCUT2D eigenvalue weighted by atomic mass is 10.2. The van der Waals surface area contributed by atoms with Gasteiger partial charge in [-0.2, -0.15) is 0 Å². The van der Waals surface area contributed by atoms with Gasteiger partial charge >= 0.3 is 5.97 Å². The molecule has 0 spiro atoms. The lowest BCUT2D eigenvalue weighted by Gasteiger charge is -2.13. The number of primary sulfonamides is 1. The van der Waals surface area contributed by atoms with Crippen molar-refractivity contribution >= 4 is 33.5 Å². The second-order valence-corrected chi connectivity index (χ2v) is 7.40. The molecule has 1 aliphatic rings. The minimum absolute atomic E-state index is 0.0470. The summed E-state index contributed by atoms with van der Waals surface area (Å²) in [5.41, 5.74) is -0.0542. The van der Waals surface area contributed by atoms with E-state index in [1.165, 1.54) is 12.1 Å². The molecular formula is C14H17ClN2O5S. The van der Waals surface area contributed by atoms with Crippen LogP contribution >= 0.6 is 11.6 Å². The van der Waals surface area contributed by atoms with Gasteiger partial charge in [-0.3, -0.25) is 4.79 Å². The maximum Gasteiger partial charge on any atom is 0.338 e. The molecule has 1 atom stereocenters. The van der Waals surface area contributed by atoms with Crippen LogP contribution in [0.2, 0.25) is 5.02 Å². The fraction of sp³-hybridized carbons (Fsp3) is 0.429. The van der Waals surface area contributed by atoms with Gasteiger partial charge in [-0.05, 0) is 43.9 Å². The Morgan fingerprint density at radius 2 is 2.09 bits per heavy atom. The summed E-state index contributed by atoms with van der Waals surface area (Å²) < 4.78 is 27.6. The van der Waals surface area contributed by atoms with Crippen LogP contribution in [0.1, 0.15) is 30.1 Å². The Hall–Kier alpha value is -1.64. The molecule has 0 saturated heterocycles. The topological polar surface area (TPSA) is 116 Å². The van der Waals surface area contributed by atoms with Crippen molar-refractivity contribution in [1.82, 2.24) is 5.32 Å². The van der Waals surface area contributed by atoms with Gasteiger partial charge in [0.05, 0.1) is 10.6 Å². The van der Waals surface area contributed by atoms with Gasteiger partial charge in [-0.15, -0.1) is 0 Å². The van der Waals surface area contributed by atoms with Gasteiger partial charge in [0.1, 0.15) is 4.90 Å². The van der Waals surface area contributed by atoms with E-state index in [9.17, 15) is 18.0 Å². The molecule has 1 saturated carbocycles. The molecule has 7 nitrogen and oxygen atoms in total. The van der Waals surface area contributed by atoms with E-state index >= 15 is 0 Å². The van der Waals surface area contributed by atoms with Crippen molar-refractivity contribution in [3.05, 3.63) is 28.8 Å². The van der Waals surface area contributed by atoms with E-state index in [1.54, 1.807) is 0 Å². The Labute approximate surface area is 139 Å². The summed E-state index contributed by atoms with van der Waals surface area (Å²) in [6.07, 6.45) is 2.17. The quantitative estimate of drug-likeness (QED) is 0.736. The molecule has 2 rings (SSSR count). The number of hydrogen-bond acceptors (Lipinski definition) is 5. The van der Waals surface area contributed by atoms with E-state index in [0.29, 0.717) is 5.92 Å². The van der Waals surface area contributed by atoms with Crippen molar-refractivity contribution in [2.24, 2.45) is 11.1 Å². The molecule has 0 aliphatic heterocycles. The van der Waals surface area contributed by atoms with Crippen LogP contribution in [0, 0.1) is 5.92 Å². The molecule has 3 N–H and O–H groups in total. The number of halogens is 1. The highest BCUT2D eigenvalue weighted by atomic mass is 35.5. The second-order valence-electron chi connectivity index (χ2n) is 5.46. The van der Waals surface area contributed by atoms with Crippen molar-refractivity contribution in [2.75, 3.05) is 6.61 Å². The van der Waals surface area contributed by atoms with Crippen molar-refractivity contribution in [1.29, 1.82) is 0 Å². The third kappa shape index (κ3) is 4.92. The summed E-state index contributed by atoms with van der Waals surface area (Å²) in [4.78, 5) is 23.2. The summed E-state index contributed by atoms with van der Waals surface area (Å²) in [7, 11) is -4.06. The van der Waals surface area contributed by atoms with Gasteiger partial charge < -0.3 is 10.1 Å². The van der Waals surface area contributed by atoms with Crippen molar-refractivity contribution < 1.29 is 22.7 Å². The van der Waals surface area contributed by atoms with Gasteiger partial charge in [0.15, 0.2) is 6.61 Å². The number of carbonyl (C=O) groups excluding carboxylic acids is 2. The first-order valence-electron chi connectivity index (χ1n) is 6.97.